The molecule has 5 heteroatoms. The number of hydrogen-bond acceptors (Lipinski definition) is 3. The summed E-state index contributed by atoms with van der Waals surface area (Å²) in [6, 6.07) is 12.7. The Bertz CT molecular complexity index is 757. The lowest BCUT2D eigenvalue weighted by molar-refractivity contribution is -0.125. The first kappa shape index (κ1) is 14.8. The molecule has 2 aromatic rings. The standard InChI is InChI=1S/C17H14BrNO3/c1-10-8-12(6-7-14(10)18)19-16(20)15-9-11-4-2-3-5-13(11)17(21)22-15/h2-8,15H,9H2,1H3,(H,19,20)/t15-/m0/s1. The third-order valence-electron chi connectivity index (χ3n) is 3.61. The molecule has 112 valence electrons. The van der Waals surface area contributed by atoms with E-state index < -0.39 is 12.1 Å². The molecule has 0 aromatic heterocycles. The third kappa shape index (κ3) is 2.90. The van der Waals surface area contributed by atoms with Crippen molar-refractivity contribution in [1.29, 1.82) is 0 Å². The van der Waals surface area contributed by atoms with Gasteiger partial charge in [0.2, 0.25) is 0 Å². The van der Waals surface area contributed by atoms with Crippen molar-refractivity contribution in [3.05, 3.63) is 63.6 Å². The third-order valence-corrected chi connectivity index (χ3v) is 4.50. The number of esters is 1. The molecule has 0 unspecified atom stereocenters. The van der Waals surface area contributed by atoms with E-state index in [9.17, 15) is 9.59 Å². The number of amides is 1. The van der Waals surface area contributed by atoms with Crippen LogP contribution in [-0.2, 0) is 16.0 Å². The number of carbonyl (C=O) groups is 2. The molecule has 0 spiro atoms. The Morgan fingerprint density at radius 1 is 1.27 bits per heavy atom. The van der Waals surface area contributed by atoms with Crippen molar-refractivity contribution in [2.75, 3.05) is 5.32 Å². The van der Waals surface area contributed by atoms with Crippen LogP contribution in [0.25, 0.3) is 0 Å². The summed E-state index contributed by atoms with van der Waals surface area (Å²) in [7, 11) is 0. The van der Waals surface area contributed by atoms with Crippen molar-refractivity contribution in [3.63, 3.8) is 0 Å². The van der Waals surface area contributed by atoms with Gasteiger partial charge in [0.05, 0.1) is 5.56 Å². The van der Waals surface area contributed by atoms with E-state index in [0.29, 0.717) is 17.7 Å². The van der Waals surface area contributed by atoms with E-state index in [-0.39, 0.29) is 5.91 Å². The molecule has 1 aliphatic heterocycles. The Kier molecular flexibility index (Phi) is 3.98. The number of nitrogens with one attached hydrogen (secondary N) is 1. The predicted molar refractivity (Wildman–Crippen MR) is 86.9 cm³/mol. The molecule has 1 aliphatic rings. The molecular weight excluding hydrogens is 346 g/mol. The summed E-state index contributed by atoms with van der Waals surface area (Å²) in [6.07, 6.45) is -0.408. The van der Waals surface area contributed by atoms with Gasteiger partial charge in [-0.3, -0.25) is 4.79 Å². The Balaban J connectivity index is 1.76. The average molecular weight is 360 g/mol. The smallest absolute Gasteiger partial charge is 0.339 e. The minimum atomic E-state index is -0.800. The lowest BCUT2D eigenvalue weighted by atomic mass is 9.98. The molecule has 1 atom stereocenters. The van der Waals surface area contributed by atoms with Crippen LogP contribution in [0.15, 0.2) is 46.9 Å². The van der Waals surface area contributed by atoms with Gasteiger partial charge in [-0.15, -0.1) is 0 Å². The molecule has 22 heavy (non-hydrogen) atoms. The molecule has 4 nitrogen and oxygen atoms in total. The molecule has 1 heterocycles. The van der Waals surface area contributed by atoms with Crippen LogP contribution in [0.3, 0.4) is 0 Å². The van der Waals surface area contributed by atoms with Crippen LogP contribution in [0.2, 0.25) is 0 Å². The Hall–Kier alpha value is -2.14. The van der Waals surface area contributed by atoms with Gasteiger partial charge in [-0.05, 0) is 42.3 Å². The predicted octanol–water partition coefficient (Wildman–Crippen LogP) is 3.48. The number of hydrogen-bond donors (Lipinski definition) is 1. The number of rotatable bonds is 2. The van der Waals surface area contributed by atoms with Crippen LogP contribution >= 0.6 is 15.9 Å². The fourth-order valence-corrected chi connectivity index (χ4v) is 2.67. The lowest BCUT2D eigenvalue weighted by Gasteiger charge is -2.23. The maximum Gasteiger partial charge on any atom is 0.339 e. The van der Waals surface area contributed by atoms with Crippen LogP contribution in [0.1, 0.15) is 21.5 Å². The quantitative estimate of drug-likeness (QED) is 0.835. The van der Waals surface area contributed by atoms with Gasteiger partial charge in [0.1, 0.15) is 0 Å². The van der Waals surface area contributed by atoms with Gasteiger partial charge >= 0.3 is 5.97 Å². The Labute approximate surface area is 136 Å². The monoisotopic (exact) mass is 359 g/mol. The van der Waals surface area contributed by atoms with E-state index in [2.05, 4.69) is 21.2 Å². The number of fused-ring (bicyclic) bond motifs is 1. The zero-order valence-electron chi connectivity index (χ0n) is 11.9. The second-order valence-electron chi connectivity index (χ2n) is 5.21. The van der Waals surface area contributed by atoms with E-state index in [1.165, 1.54) is 0 Å². The largest absolute Gasteiger partial charge is 0.448 e. The fraction of sp³-hybridized carbons (Fsp3) is 0.176. The molecule has 2 aromatic carbocycles. The molecule has 0 saturated carbocycles. The van der Waals surface area contributed by atoms with Gasteiger partial charge in [0.25, 0.3) is 5.91 Å². The van der Waals surface area contributed by atoms with Crippen LogP contribution in [-0.4, -0.2) is 18.0 Å². The molecule has 0 radical (unpaired) electrons. The van der Waals surface area contributed by atoms with Gasteiger partial charge in [0.15, 0.2) is 6.10 Å². The summed E-state index contributed by atoms with van der Waals surface area (Å²) in [5.41, 5.74) is 3.07. The number of ether oxygens (including phenoxy) is 1. The number of aryl methyl sites for hydroxylation is 1. The van der Waals surface area contributed by atoms with Gasteiger partial charge < -0.3 is 10.1 Å². The van der Waals surface area contributed by atoms with Gasteiger partial charge in [-0.2, -0.15) is 0 Å². The van der Waals surface area contributed by atoms with Crippen molar-refractivity contribution < 1.29 is 14.3 Å². The minimum Gasteiger partial charge on any atom is -0.448 e. The first-order valence-electron chi connectivity index (χ1n) is 6.90. The van der Waals surface area contributed by atoms with E-state index in [4.69, 9.17) is 4.74 Å². The van der Waals surface area contributed by atoms with Gasteiger partial charge in [-0.25, -0.2) is 4.79 Å². The fourth-order valence-electron chi connectivity index (χ4n) is 2.42. The molecule has 0 bridgehead atoms. The molecule has 0 fully saturated rings. The second-order valence-corrected chi connectivity index (χ2v) is 6.06. The molecule has 0 saturated heterocycles. The lowest BCUT2D eigenvalue weighted by Crippen LogP contribution is -2.37. The molecule has 1 N–H and O–H groups in total. The highest BCUT2D eigenvalue weighted by Crippen LogP contribution is 2.23. The average Bonchev–Trinajstić information content (AvgIpc) is 2.51. The highest BCUT2D eigenvalue weighted by atomic mass is 79.9. The highest BCUT2D eigenvalue weighted by molar-refractivity contribution is 9.10. The van der Waals surface area contributed by atoms with Crippen LogP contribution in [0.4, 0.5) is 5.69 Å². The maximum atomic E-state index is 12.3. The second kappa shape index (κ2) is 5.93. The first-order chi connectivity index (χ1) is 10.5. The van der Waals surface area contributed by atoms with E-state index in [1.807, 2.05) is 31.2 Å². The number of carbonyl (C=O) groups excluding carboxylic acids is 2. The van der Waals surface area contributed by atoms with Gasteiger partial charge in [0, 0.05) is 16.6 Å². The van der Waals surface area contributed by atoms with Gasteiger partial charge in [-0.1, -0.05) is 34.1 Å². The summed E-state index contributed by atoms with van der Waals surface area (Å²) in [4.78, 5) is 24.3. The zero-order valence-corrected chi connectivity index (χ0v) is 13.5. The number of cyclic esters (lactones) is 1. The normalized spacial score (nSPS) is 16.6. The van der Waals surface area contributed by atoms with Crippen molar-refractivity contribution in [2.24, 2.45) is 0 Å². The number of anilines is 1. The molecule has 0 aliphatic carbocycles. The summed E-state index contributed by atoms with van der Waals surface area (Å²) in [5, 5.41) is 2.79. The van der Waals surface area contributed by atoms with E-state index in [1.54, 1.807) is 18.2 Å². The molecular formula is C17H14BrNO3. The zero-order chi connectivity index (χ0) is 15.7. The van der Waals surface area contributed by atoms with Crippen LogP contribution < -0.4 is 5.32 Å². The molecule has 1 amide bonds. The van der Waals surface area contributed by atoms with Crippen molar-refractivity contribution in [2.45, 2.75) is 19.4 Å². The first-order valence-corrected chi connectivity index (χ1v) is 7.70. The van der Waals surface area contributed by atoms with Crippen molar-refractivity contribution in [1.82, 2.24) is 0 Å². The van der Waals surface area contributed by atoms with E-state index in [0.717, 1.165) is 15.6 Å². The minimum absolute atomic E-state index is 0.315. The molecule has 3 rings (SSSR count). The van der Waals surface area contributed by atoms with E-state index >= 15 is 0 Å². The summed E-state index contributed by atoms with van der Waals surface area (Å²) in [5.74, 6) is -0.765. The summed E-state index contributed by atoms with van der Waals surface area (Å²) >= 11 is 3.42. The summed E-state index contributed by atoms with van der Waals surface area (Å²) < 4.78 is 6.22. The number of halogens is 1. The number of benzene rings is 2. The Morgan fingerprint density at radius 2 is 2.05 bits per heavy atom. The Morgan fingerprint density at radius 3 is 2.82 bits per heavy atom. The van der Waals surface area contributed by atoms with Crippen molar-refractivity contribution in [3.8, 4) is 0 Å². The van der Waals surface area contributed by atoms with Crippen molar-refractivity contribution >= 4 is 33.5 Å². The van der Waals surface area contributed by atoms with Crippen LogP contribution in [0, 0.1) is 6.92 Å². The SMILES string of the molecule is Cc1cc(NC(=O)[C@@H]2Cc3ccccc3C(=O)O2)ccc1Br. The van der Waals surface area contributed by atoms with Crippen LogP contribution in [0.5, 0.6) is 0 Å². The maximum absolute atomic E-state index is 12.3. The topological polar surface area (TPSA) is 55.4 Å². The highest BCUT2D eigenvalue weighted by Gasteiger charge is 2.31. The summed E-state index contributed by atoms with van der Waals surface area (Å²) in [6.45, 7) is 1.94.